The molecule has 3 aromatic rings. The summed E-state index contributed by atoms with van der Waals surface area (Å²) in [5, 5.41) is 9.78. The summed E-state index contributed by atoms with van der Waals surface area (Å²) in [7, 11) is 1.68. The van der Waals surface area contributed by atoms with Crippen molar-refractivity contribution in [1.82, 2.24) is 15.6 Å². The van der Waals surface area contributed by atoms with Crippen LogP contribution >= 0.6 is 35.3 Å². The molecule has 2 aromatic carbocycles. The molecule has 0 saturated carbocycles. The van der Waals surface area contributed by atoms with Crippen LogP contribution in [0.5, 0.6) is 5.75 Å². The average Bonchev–Trinajstić information content (AvgIpc) is 3.22. The zero-order chi connectivity index (χ0) is 19.6. The first-order chi connectivity index (χ1) is 13.8. The highest BCUT2D eigenvalue weighted by Gasteiger charge is 2.05. The van der Waals surface area contributed by atoms with Gasteiger partial charge < -0.3 is 15.4 Å². The molecule has 0 aliphatic carbocycles. The zero-order valence-corrected chi connectivity index (χ0v) is 19.9. The molecule has 29 heavy (non-hydrogen) atoms. The van der Waals surface area contributed by atoms with Crippen molar-refractivity contribution >= 4 is 41.3 Å². The molecule has 0 unspecified atom stereocenters. The zero-order valence-electron chi connectivity index (χ0n) is 16.7. The van der Waals surface area contributed by atoms with E-state index in [0.29, 0.717) is 6.54 Å². The molecule has 7 heteroatoms. The number of rotatable bonds is 8. The summed E-state index contributed by atoms with van der Waals surface area (Å²) < 4.78 is 5.20. The number of aliphatic imine (C=N–C) groups is 1. The van der Waals surface area contributed by atoms with Crippen molar-refractivity contribution in [3.05, 3.63) is 70.5 Å². The first kappa shape index (κ1) is 23.2. The molecule has 5 nitrogen and oxygen atoms in total. The smallest absolute Gasteiger partial charge is 0.191 e. The predicted molar refractivity (Wildman–Crippen MR) is 132 cm³/mol. The first-order valence-electron chi connectivity index (χ1n) is 9.43. The molecular formula is C22H27IN4OS. The van der Waals surface area contributed by atoms with E-state index in [9.17, 15) is 0 Å². The van der Waals surface area contributed by atoms with E-state index in [1.54, 1.807) is 18.4 Å². The summed E-state index contributed by atoms with van der Waals surface area (Å²) in [5.41, 5.74) is 3.41. The summed E-state index contributed by atoms with van der Waals surface area (Å²) in [6, 6.07) is 18.4. The average molecular weight is 522 g/mol. The van der Waals surface area contributed by atoms with Crippen molar-refractivity contribution in [1.29, 1.82) is 0 Å². The Labute approximate surface area is 193 Å². The molecule has 0 bridgehead atoms. The summed E-state index contributed by atoms with van der Waals surface area (Å²) in [4.78, 5) is 9.37. The molecule has 0 amide bonds. The molecule has 0 saturated heterocycles. The largest absolute Gasteiger partial charge is 0.497 e. The van der Waals surface area contributed by atoms with Gasteiger partial charge in [-0.2, -0.15) is 0 Å². The fraction of sp³-hybridized carbons (Fsp3) is 0.273. The standard InChI is InChI=1S/C22H26N4OS.HI/c1-3-23-22(24-14-13-17-9-11-19(27-2)12-10-17)25-15-21-26-20(16-28-21)18-7-5-4-6-8-18;/h4-12,16H,3,13-15H2,1-2H3,(H2,23,24,25);1H. The Morgan fingerprint density at radius 1 is 1.07 bits per heavy atom. The van der Waals surface area contributed by atoms with Crippen LogP contribution < -0.4 is 15.4 Å². The van der Waals surface area contributed by atoms with Crippen LogP contribution in [0.2, 0.25) is 0 Å². The quantitative estimate of drug-likeness (QED) is 0.255. The van der Waals surface area contributed by atoms with Crippen molar-refractivity contribution in [2.24, 2.45) is 4.99 Å². The van der Waals surface area contributed by atoms with E-state index in [4.69, 9.17) is 9.72 Å². The second-order valence-corrected chi connectivity index (χ2v) is 7.16. The Bertz CT molecular complexity index is 881. The van der Waals surface area contributed by atoms with Crippen LogP contribution in [0.1, 0.15) is 17.5 Å². The highest BCUT2D eigenvalue weighted by atomic mass is 127. The van der Waals surface area contributed by atoms with Crippen LogP contribution in [-0.2, 0) is 13.0 Å². The highest BCUT2D eigenvalue weighted by molar-refractivity contribution is 14.0. The summed E-state index contributed by atoms with van der Waals surface area (Å²) in [6.07, 6.45) is 0.920. The Morgan fingerprint density at radius 2 is 1.83 bits per heavy atom. The normalized spacial score (nSPS) is 10.9. The summed E-state index contributed by atoms with van der Waals surface area (Å²) in [5.74, 6) is 1.69. The maximum Gasteiger partial charge on any atom is 0.191 e. The van der Waals surface area contributed by atoms with Crippen LogP contribution in [0.4, 0.5) is 0 Å². The molecule has 1 aromatic heterocycles. The van der Waals surface area contributed by atoms with E-state index in [2.05, 4.69) is 52.2 Å². The molecule has 0 aliphatic heterocycles. The second-order valence-electron chi connectivity index (χ2n) is 6.21. The maximum atomic E-state index is 5.20. The van der Waals surface area contributed by atoms with Gasteiger partial charge in [-0.15, -0.1) is 35.3 Å². The SMILES string of the molecule is CCNC(=NCc1nc(-c2ccccc2)cs1)NCCc1ccc(OC)cc1.I. The van der Waals surface area contributed by atoms with Gasteiger partial charge in [-0.25, -0.2) is 9.98 Å². The number of guanidine groups is 1. The number of benzene rings is 2. The molecular weight excluding hydrogens is 495 g/mol. The van der Waals surface area contributed by atoms with Gasteiger partial charge in [0, 0.05) is 24.0 Å². The lowest BCUT2D eigenvalue weighted by Gasteiger charge is -2.11. The van der Waals surface area contributed by atoms with E-state index in [1.165, 1.54) is 5.56 Å². The van der Waals surface area contributed by atoms with Crippen molar-refractivity contribution in [2.75, 3.05) is 20.2 Å². The third-order valence-electron chi connectivity index (χ3n) is 4.20. The minimum Gasteiger partial charge on any atom is -0.497 e. The van der Waals surface area contributed by atoms with Gasteiger partial charge in [0.05, 0.1) is 19.3 Å². The van der Waals surface area contributed by atoms with E-state index < -0.39 is 0 Å². The van der Waals surface area contributed by atoms with Crippen molar-refractivity contribution < 1.29 is 4.74 Å². The lowest BCUT2D eigenvalue weighted by Crippen LogP contribution is -2.38. The number of aromatic nitrogens is 1. The van der Waals surface area contributed by atoms with Gasteiger partial charge in [0.2, 0.25) is 0 Å². The molecule has 0 atom stereocenters. The molecule has 3 rings (SSSR count). The van der Waals surface area contributed by atoms with Crippen molar-refractivity contribution in [3.8, 4) is 17.0 Å². The molecule has 0 fully saturated rings. The monoisotopic (exact) mass is 522 g/mol. The fourth-order valence-corrected chi connectivity index (χ4v) is 3.46. The van der Waals surface area contributed by atoms with Gasteiger partial charge >= 0.3 is 0 Å². The van der Waals surface area contributed by atoms with Crippen LogP contribution in [-0.4, -0.2) is 31.1 Å². The molecule has 2 N–H and O–H groups in total. The lowest BCUT2D eigenvalue weighted by atomic mass is 10.1. The number of halogens is 1. The van der Waals surface area contributed by atoms with Gasteiger partial charge in [-0.05, 0) is 31.0 Å². The fourth-order valence-electron chi connectivity index (χ4n) is 2.73. The minimum absolute atomic E-state index is 0. The number of nitrogens with one attached hydrogen (secondary N) is 2. The minimum atomic E-state index is 0. The lowest BCUT2D eigenvalue weighted by molar-refractivity contribution is 0.414. The summed E-state index contributed by atoms with van der Waals surface area (Å²) in [6.45, 7) is 4.26. The van der Waals surface area contributed by atoms with Gasteiger partial charge in [0.15, 0.2) is 5.96 Å². The van der Waals surface area contributed by atoms with Crippen molar-refractivity contribution in [3.63, 3.8) is 0 Å². The molecule has 1 heterocycles. The second kappa shape index (κ2) is 12.4. The van der Waals surface area contributed by atoms with Crippen LogP contribution in [0.15, 0.2) is 65.0 Å². The van der Waals surface area contributed by atoms with E-state index in [0.717, 1.165) is 47.5 Å². The summed E-state index contributed by atoms with van der Waals surface area (Å²) >= 11 is 1.64. The Hall–Kier alpha value is -2.13. The molecule has 154 valence electrons. The topological polar surface area (TPSA) is 58.5 Å². The third-order valence-corrected chi connectivity index (χ3v) is 5.04. The number of methoxy groups -OCH3 is 1. The number of hydrogen-bond acceptors (Lipinski definition) is 4. The van der Waals surface area contributed by atoms with Crippen LogP contribution in [0, 0.1) is 0 Å². The van der Waals surface area contributed by atoms with Gasteiger partial charge in [-0.1, -0.05) is 42.5 Å². The first-order valence-corrected chi connectivity index (χ1v) is 10.3. The number of thiazole rings is 1. The van der Waals surface area contributed by atoms with E-state index >= 15 is 0 Å². The maximum absolute atomic E-state index is 5.20. The number of hydrogen-bond donors (Lipinski definition) is 2. The van der Waals surface area contributed by atoms with Crippen LogP contribution in [0.3, 0.4) is 0 Å². The van der Waals surface area contributed by atoms with E-state index in [-0.39, 0.29) is 24.0 Å². The highest BCUT2D eigenvalue weighted by Crippen LogP contribution is 2.21. The third kappa shape index (κ3) is 7.32. The molecule has 0 radical (unpaired) electrons. The Morgan fingerprint density at radius 3 is 2.52 bits per heavy atom. The van der Waals surface area contributed by atoms with Gasteiger partial charge in [-0.3, -0.25) is 0 Å². The van der Waals surface area contributed by atoms with Crippen LogP contribution in [0.25, 0.3) is 11.3 Å². The van der Waals surface area contributed by atoms with Gasteiger partial charge in [0.1, 0.15) is 10.8 Å². The van der Waals surface area contributed by atoms with E-state index in [1.807, 2.05) is 30.3 Å². The molecule has 0 spiro atoms. The number of ether oxygens (including phenoxy) is 1. The number of nitrogens with zero attached hydrogens (tertiary/aromatic N) is 2. The predicted octanol–water partition coefficient (Wildman–Crippen LogP) is 4.73. The molecule has 0 aliphatic rings. The Kier molecular flexibility index (Phi) is 9.93. The van der Waals surface area contributed by atoms with Crippen molar-refractivity contribution in [2.45, 2.75) is 19.9 Å². The Balaban J connectivity index is 0.00000300. The van der Waals surface area contributed by atoms with Gasteiger partial charge in [0.25, 0.3) is 0 Å².